The highest BCUT2D eigenvalue weighted by Gasteiger charge is 2.23. The zero-order valence-corrected chi connectivity index (χ0v) is 19.9. The van der Waals surface area contributed by atoms with E-state index in [0.29, 0.717) is 10.9 Å². The molecule has 172 valence electrons. The number of nitrogens with zero attached hydrogens (tertiary/aromatic N) is 1. The van der Waals surface area contributed by atoms with E-state index < -0.39 is 15.9 Å². The summed E-state index contributed by atoms with van der Waals surface area (Å²) in [4.78, 5) is 19.0. The summed E-state index contributed by atoms with van der Waals surface area (Å²) in [6.45, 7) is 0. The maximum atomic E-state index is 13.1. The van der Waals surface area contributed by atoms with Gasteiger partial charge < -0.3 is 4.74 Å². The Balaban J connectivity index is 1.39. The molecule has 1 amide bonds. The van der Waals surface area contributed by atoms with Gasteiger partial charge in [-0.25, -0.2) is 13.4 Å². The Labute approximate surface area is 201 Å². The molecule has 0 atom stereocenters. The molecule has 0 unspecified atom stereocenters. The fourth-order valence-corrected chi connectivity index (χ4v) is 5.95. The first-order chi connectivity index (χ1) is 16.4. The van der Waals surface area contributed by atoms with Gasteiger partial charge in [-0.2, -0.15) is 0 Å². The molecule has 1 aliphatic carbocycles. The number of aromatic nitrogens is 1. The number of thiazole rings is 1. The van der Waals surface area contributed by atoms with Crippen LogP contribution >= 0.6 is 11.3 Å². The molecule has 0 saturated heterocycles. The third-order valence-corrected chi connectivity index (χ3v) is 8.01. The number of sulfonamides is 1. The van der Waals surface area contributed by atoms with Crippen LogP contribution in [0.25, 0.3) is 11.3 Å². The number of nitrogens with one attached hydrogen (secondary N) is 2. The van der Waals surface area contributed by atoms with Gasteiger partial charge in [0.25, 0.3) is 15.9 Å². The van der Waals surface area contributed by atoms with E-state index >= 15 is 0 Å². The number of anilines is 2. The molecule has 0 spiro atoms. The van der Waals surface area contributed by atoms with E-state index in [1.165, 1.54) is 36.1 Å². The number of hydrogen-bond acceptors (Lipinski definition) is 6. The van der Waals surface area contributed by atoms with Crippen molar-refractivity contribution < 1.29 is 17.9 Å². The van der Waals surface area contributed by atoms with Crippen LogP contribution in [0.1, 0.15) is 20.8 Å². The lowest BCUT2D eigenvalue weighted by Crippen LogP contribution is -2.18. The summed E-state index contributed by atoms with van der Waals surface area (Å²) < 4.78 is 33.4. The van der Waals surface area contributed by atoms with Crippen LogP contribution in [0, 0.1) is 0 Å². The molecule has 7 nitrogen and oxygen atoms in total. The zero-order chi connectivity index (χ0) is 23.7. The lowest BCUT2D eigenvalue weighted by molar-refractivity contribution is 0.102. The van der Waals surface area contributed by atoms with E-state index in [2.05, 4.69) is 21.1 Å². The minimum atomic E-state index is -3.90. The number of hydrogen-bond donors (Lipinski definition) is 2. The Kier molecular flexibility index (Phi) is 5.80. The number of aryl methyl sites for hydroxylation is 2. The van der Waals surface area contributed by atoms with Crippen LogP contribution in [0.5, 0.6) is 5.75 Å². The summed E-state index contributed by atoms with van der Waals surface area (Å²) in [6, 6.07) is 20.6. The van der Waals surface area contributed by atoms with E-state index in [1.807, 2.05) is 18.2 Å². The van der Waals surface area contributed by atoms with Gasteiger partial charge >= 0.3 is 0 Å². The van der Waals surface area contributed by atoms with Gasteiger partial charge in [0.05, 0.1) is 29.0 Å². The van der Waals surface area contributed by atoms with E-state index in [4.69, 9.17) is 4.74 Å². The summed E-state index contributed by atoms with van der Waals surface area (Å²) in [5.41, 5.74) is 3.62. The predicted octanol–water partition coefficient (Wildman–Crippen LogP) is 4.97. The largest absolute Gasteiger partial charge is 0.497 e. The molecule has 0 aliphatic heterocycles. The highest BCUT2D eigenvalue weighted by Crippen LogP contribution is 2.38. The molecular weight excluding hydrogens is 470 g/mol. The number of rotatable bonds is 6. The quantitative estimate of drug-likeness (QED) is 0.397. The molecule has 1 aromatic heterocycles. The van der Waals surface area contributed by atoms with Crippen molar-refractivity contribution in [2.24, 2.45) is 0 Å². The number of para-hydroxylation sites is 1. The van der Waals surface area contributed by atoms with Crippen molar-refractivity contribution in [2.45, 2.75) is 17.7 Å². The number of amides is 1. The molecule has 9 heteroatoms. The van der Waals surface area contributed by atoms with Gasteiger partial charge in [-0.3, -0.25) is 14.8 Å². The maximum Gasteiger partial charge on any atom is 0.261 e. The summed E-state index contributed by atoms with van der Waals surface area (Å²) >= 11 is 1.45. The van der Waals surface area contributed by atoms with Gasteiger partial charge in [0.1, 0.15) is 5.75 Å². The van der Waals surface area contributed by atoms with Crippen molar-refractivity contribution in [3.63, 3.8) is 0 Å². The van der Waals surface area contributed by atoms with Crippen LogP contribution in [-0.2, 0) is 22.9 Å². The Bertz CT molecular complexity index is 1480. The Morgan fingerprint density at radius 2 is 1.71 bits per heavy atom. The van der Waals surface area contributed by atoms with Crippen LogP contribution in [0.15, 0.2) is 77.7 Å². The van der Waals surface area contributed by atoms with Gasteiger partial charge in [0.2, 0.25) is 0 Å². The van der Waals surface area contributed by atoms with Crippen LogP contribution in [0.4, 0.5) is 10.8 Å². The van der Waals surface area contributed by atoms with Crippen LogP contribution in [0.3, 0.4) is 0 Å². The molecule has 1 heterocycles. The number of carbonyl (C=O) groups excluding carboxylic acids is 1. The fraction of sp³-hybridized carbons (Fsp3) is 0.120. The predicted molar refractivity (Wildman–Crippen MR) is 133 cm³/mol. The number of carbonyl (C=O) groups is 1. The van der Waals surface area contributed by atoms with Crippen molar-refractivity contribution in [1.82, 2.24) is 4.98 Å². The van der Waals surface area contributed by atoms with E-state index in [-0.39, 0.29) is 16.1 Å². The smallest absolute Gasteiger partial charge is 0.261 e. The minimum Gasteiger partial charge on any atom is -0.497 e. The van der Waals surface area contributed by atoms with Crippen LogP contribution in [0.2, 0.25) is 0 Å². The third kappa shape index (κ3) is 4.27. The summed E-state index contributed by atoms with van der Waals surface area (Å²) in [7, 11) is -2.39. The summed E-state index contributed by atoms with van der Waals surface area (Å²) in [6.07, 6.45) is 1.81. The Morgan fingerprint density at radius 1 is 0.971 bits per heavy atom. The number of methoxy groups -OCH3 is 1. The SMILES string of the molecule is COc1ccc(S(=O)(=O)Nc2ccccc2C(=O)Nc2nc3c(s2)CCc2ccccc2-3)cc1. The number of benzene rings is 3. The average Bonchev–Trinajstić information content (AvgIpc) is 3.27. The third-order valence-electron chi connectivity index (χ3n) is 5.60. The Morgan fingerprint density at radius 3 is 2.50 bits per heavy atom. The second-order valence-electron chi connectivity index (χ2n) is 7.73. The van der Waals surface area contributed by atoms with Gasteiger partial charge in [0.15, 0.2) is 5.13 Å². The topological polar surface area (TPSA) is 97.4 Å². The van der Waals surface area contributed by atoms with Crippen molar-refractivity contribution in [3.8, 4) is 17.0 Å². The molecule has 5 rings (SSSR count). The van der Waals surface area contributed by atoms with Crippen molar-refractivity contribution in [1.29, 1.82) is 0 Å². The monoisotopic (exact) mass is 491 g/mol. The zero-order valence-electron chi connectivity index (χ0n) is 18.2. The fourth-order valence-electron chi connectivity index (χ4n) is 3.90. The van der Waals surface area contributed by atoms with Gasteiger partial charge in [-0.1, -0.05) is 36.4 Å². The van der Waals surface area contributed by atoms with Crippen molar-refractivity contribution in [3.05, 3.63) is 88.8 Å². The van der Waals surface area contributed by atoms with Gasteiger partial charge in [-0.15, -0.1) is 11.3 Å². The maximum absolute atomic E-state index is 13.1. The molecule has 2 N–H and O–H groups in total. The molecule has 0 radical (unpaired) electrons. The second-order valence-corrected chi connectivity index (χ2v) is 10.5. The normalized spacial score (nSPS) is 12.4. The molecule has 0 saturated carbocycles. The highest BCUT2D eigenvalue weighted by molar-refractivity contribution is 7.92. The molecule has 3 aromatic carbocycles. The van der Waals surface area contributed by atoms with Crippen LogP contribution in [-0.4, -0.2) is 26.4 Å². The highest BCUT2D eigenvalue weighted by atomic mass is 32.2. The minimum absolute atomic E-state index is 0.0646. The molecule has 4 aromatic rings. The molecular formula is C25H21N3O4S2. The molecule has 0 fully saturated rings. The van der Waals surface area contributed by atoms with E-state index in [9.17, 15) is 13.2 Å². The van der Waals surface area contributed by atoms with Gasteiger partial charge in [-0.05, 0) is 54.8 Å². The van der Waals surface area contributed by atoms with E-state index in [1.54, 1.807) is 36.4 Å². The number of ether oxygens (including phenoxy) is 1. The molecule has 0 bridgehead atoms. The summed E-state index contributed by atoms with van der Waals surface area (Å²) in [5.74, 6) is 0.111. The second kappa shape index (κ2) is 8.92. The lowest BCUT2D eigenvalue weighted by atomic mass is 9.94. The Hall–Kier alpha value is -3.69. The van der Waals surface area contributed by atoms with Gasteiger partial charge in [0, 0.05) is 10.4 Å². The average molecular weight is 492 g/mol. The first kappa shape index (κ1) is 22.1. The van der Waals surface area contributed by atoms with Crippen molar-refractivity contribution >= 4 is 38.1 Å². The first-order valence-corrected chi connectivity index (χ1v) is 12.9. The number of fused-ring (bicyclic) bond motifs is 3. The van der Waals surface area contributed by atoms with Crippen LogP contribution < -0.4 is 14.8 Å². The first-order valence-electron chi connectivity index (χ1n) is 10.6. The molecule has 34 heavy (non-hydrogen) atoms. The van der Waals surface area contributed by atoms with Crippen molar-refractivity contribution in [2.75, 3.05) is 17.1 Å². The summed E-state index contributed by atoms with van der Waals surface area (Å²) in [5, 5.41) is 3.33. The molecule has 1 aliphatic rings. The standard InChI is InChI=1S/C25H21N3O4S2/c1-32-17-11-13-18(14-12-17)34(30,31)28-21-9-5-4-8-20(21)24(29)27-25-26-23-19-7-3-2-6-16(19)10-15-22(23)33-25/h2-9,11-14,28H,10,15H2,1H3,(H,26,27,29). The van der Waals surface area contributed by atoms with E-state index in [0.717, 1.165) is 29.0 Å². The lowest BCUT2D eigenvalue weighted by Gasteiger charge is -2.13.